The Bertz CT molecular complexity index is 816. The summed E-state index contributed by atoms with van der Waals surface area (Å²) in [5.41, 5.74) is 3.82. The highest BCUT2D eigenvalue weighted by Gasteiger charge is 2.10. The first-order valence-electron chi connectivity index (χ1n) is 7.87. The molecule has 0 aromatic heterocycles. The van der Waals surface area contributed by atoms with Crippen molar-refractivity contribution in [2.45, 2.75) is 12.8 Å². The van der Waals surface area contributed by atoms with Crippen LogP contribution in [0.25, 0.3) is 0 Å². The molecular formula is C21H18ClNO. The molecule has 0 bridgehead atoms. The molecule has 0 heterocycles. The van der Waals surface area contributed by atoms with Gasteiger partial charge in [-0.2, -0.15) is 0 Å². The summed E-state index contributed by atoms with van der Waals surface area (Å²) in [4.78, 5) is 12.4. The van der Waals surface area contributed by atoms with Crippen LogP contribution in [-0.4, -0.2) is 5.78 Å². The van der Waals surface area contributed by atoms with Crippen LogP contribution < -0.4 is 5.32 Å². The number of nitrogens with one attached hydrogen (secondary N) is 1. The molecule has 0 atom stereocenters. The number of halogens is 1. The predicted octanol–water partition coefficient (Wildman–Crippen LogP) is 5.44. The van der Waals surface area contributed by atoms with Crippen LogP contribution in [-0.2, 0) is 17.6 Å². The van der Waals surface area contributed by atoms with Gasteiger partial charge in [-0.1, -0.05) is 66.2 Å². The van der Waals surface area contributed by atoms with Crippen molar-refractivity contribution in [1.82, 2.24) is 0 Å². The summed E-state index contributed by atoms with van der Waals surface area (Å²) in [5.74, 6) is 0.180. The summed E-state index contributed by atoms with van der Waals surface area (Å²) in [5, 5.41) is 3.99. The van der Waals surface area contributed by atoms with E-state index in [1.165, 1.54) is 0 Å². The van der Waals surface area contributed by atoms with Crippen LogP contribution in [0.2, 0.25) is 5.02 Å². The molecule has 0 amide bonds. The van der Waals surface area contributed by atoms with Gasteiger partial charge in [0.05, 0.1) is 0 Å². The van der Waals surface area contributed by atoms with Crippen LogP contribution in [0.3, 0.4) is 0 Å². The predicted molar refractivity (Wildman–Crippen MR) is 100 cm³/mol. The lowest BCUT2D eigenvalue weighted by Gasteiger charge is -2.12. The van der Waals surface area contributed by atoms with Crippen LogP contribution in [0.1, 0.15) is 11.1 Å². The molecular weight excluding hydrogens is 318 g/mol. The summed E-state index contributed by atoms with van der Waals surface area (Å²) in [6.45, 7) is 0. The van der Waals surface area contributed by atoms with Crippen LogP contribution in [0.4, 0.5) is 11.4 Å². The Morgan fingerprint density at radius 2 is 1.50 bits per heavy atom. The maximum atomic E-state index is 12.4. The van der Waals surface area contributed by atoms with Gasteiger partial charge in [-0.25, -0.2) is 0 Å². The SMILES string of the molecule is O=C(Cc1ccccc1)Cc1ccc(Cl)cc1Nc1ccccc1. The van der Waals surface area contributed by atoms with Gasteiger partial charge in [-0.3, -0.25) is 4.79 Å². The number of anilines is 2. The molecule has 0 saturated heterocycles. The van der Waals surface area contributed by atoms with Gasteiger partial charge in [0.25, 0.3) is 0 Å². The lowest BCUT2D eigenvalue weighted by Crippen LogP contribution is -2.08. The second kappa shape index (κ2) is 7.80. The van der Waals surface area contributed by atoms with Crippen molar-refractivity contribution >= 4 is 28.8 Å². The Morgan fingerprint density at radius 3 is 2.21 bits per heavy atom. The molecule has 0 radical (unpaired) electrons. The summed E-state index contributed by atoms with van der Waals surface area (Å²) >= 11 is 6.12. The van der Waals surface area contributed by atoms with E-state index in [4.69, 9.17) is 11.6 Å². The van der Waals surface area contributed by atoms with Gasteiger partial charge >= 0.3 is 0 Å². The lowest BCUT2D eigenvalue weighted by atomic mass is 10.0. The van der Waals surface area contributed by atoms with E-state index in [0.717, 1.165) is 22.5 Å². The van der Waals surface area contributed by atoms with E-state index >= 15 is 0 Å². The molecule has 120 valence electrons. The zero-order valence-electron chi connectivity index (χ0n) is 13.2. The maximum absolute atomic E-state index is 12.4. The topological polar surface area (TPSA) is 29.1 Å². The third-order valence-corrected chi connectivity index (χ3v) is 3.99. The average molecular weight is 336 g/mol. The smallest absolute Gasteiger partial charge is 0.141 e. The number of Topliss-reactive ketones (excluding diaryl/α,β-unsaturated/α-hetero) is 1. The number of carbonyl (C=O) groups is 1. The fourth-order valence-corrected chi connectivity index (χ4v) is 2.77. The molecule has 0 fully saturated rings. The van der Waals surface area contributed by atoms with E-state index in [1.54, 1.807) is 0 Å². The monoisotopic (exact) mass is 335 g/mol. The van der Waals surface area contributed by atoms with Crippen LogP contribution in [0, 0.1) is 0 Å². The largest absolute Gasteiger partial charge is 0.355 e. The first kappa shape index (κ1) is 16.3. The minimum absolute atomic E-state index is 0.180. The van der Waals surface area contributed by atoms with Gasteiger partial charge in [0.2, 0.25) is 0 Å². The van der Waals surface area contributed by atoms with Crippen molar-refractivity contribution in [3.05, 3.63) is 95.0 Å². The number of rotatable bonds is 6. The van der Waals surface area contributed by atoms with Gasteiger partial charge < -0.3 is 5.32 Å². The maximum Gasteiger partial charge on any atom is 0.141 e. The number of hydrogen-bond acceptors (Lipinski definition) is 2. The third-order valence-electron chi connectivity index (χ3n) is 3.76. The zero-order chi connectivity index (χ0) is 16.8. The van der Waals surface area contributed by atoms with Crippen LogP contribution in [0.15, 0.2) is 78.9 Å². The molecule has 0 unspecified atom stereocenters. The highest BCUT2D eigenvalue weighted by molar-refractivity contribution is 6.30. The number of ketones is 1. The van der Waals surface area contributed by atoms with Crippen molar-refractivity contribution in [2.75, 3.05) is 5.32 Å². The Hall–Kier alpha value is -2.58. The Morgan fingerprint density at radius 1 is 0.833 bits per heavy atom. The highest BCUT2D eigenvalue weighted by Crippen LogP contribution is 2.25. The minimum Gasteiger partial charge on any atom is -0.355 e. The summed E-state index contributed by atoms with van der Waals surface area (Å²) in [7, 11) is 0. The molecule has 0 aliphatic rings. The zero-order valence-corrected chi connectivity index (χ0v) is 14.0. The Kier molecular flexibility index (Phi) is 5.29. The fourth-order valence-electron chi connectivity index (χ4n) is 2.59. The first-order chi connectivity index (χ1) is 11.7. The number of hydrogen-bond donors (Lipinski definition) is 1. The first-order valence-corrected chi connectivity index (χ1v) is 8.24. The number of carbonyl (C=O) groups excluding carboxylic acids is 1. The van der Waals surface area contributed by atoms with Crippen molar-refractivity contribution in [3.63, 3.8) is 0 Å². The summed E-state index contributed by atoms with van der Waals surface area (Å²) in [6.07, 6.45) is 0.815. The van der Waals surface area contributed by atoms with Gasteiger partial charge in [-0.05, 0) is 35.4 Å². The molecule has 24 heavy (non-hydrogen) atoms. The molecule has 2 nitrogen and oxygen atoms in total. The lowest BCUT2D eigenvalue weighted by molar-refractivity contribution is -0.117. The normalized spacial score (nSPS) is 10.4. The van der Waals surface area contributed by atoms with Gasteiger partial charge in [0.1, 0.15) is 5.78 Å². The average Bonchev–Trinajstić information content (AvgIpc) is 2.59. The van der Waals surface area contributed by atoms with Crippen molar-refractivity contribution in [2.24, 2.45) is 0 Å². The van der Waals surface area contributed by atoms with E-state index in [2.05, 4.69) is 5.32 Å². The molecule has 0 aliphatic carbocycles. The second-order valence-electron chi connectivity index (χ2n) is 5.67. The third kappa shape index (κ3) is 4.46. The van der Waals surface area contributed by atoms with Crippen LogP contribution >= 0.6 is 11.6 Å². The molecule has 0 saturated carbocycles. The van der Waals surface area contributed by atoms with E-state index < -0.39 is 0 Å². The Balaban J connectivity index is 1.76. The van der Waals surface area contributed by atoms with Gasteiger partial charge in [0, 0.05) is 29.2 Å². The van der Waals surface area contributed by atoms with Crippen molar-refractivity contribution in [3.8, 4) is 0 Å². The van der Waals surface area contributed by atoms with E-state index in [1.807, 2.05) is 78.9 Å². The fraction of sp³-hybridized carbons (Fsp3) is 0.0952. The number of para-hydroxylation sites is 1. The van der Waals surface area contributed by atoms with E-state index in [-0.39, 0.29) is 5.78 Å². The quantitative estimate of drug-likeness (QED) is 0.650. The van der Waals surface area contributed by atoms with Crippen LogP contribution in [0.5, 0.6) is 0 Å². The molecule has 3 heteroatoms. The van der Waals surface area contributed by atoms with Crippen molar-refractivity contribution < 1.29 is 4.79 Å². The number of benzene rings is 3. The molecule has 3 aromatic carbocycles. The Labute approximate surface area is 147 Å². The molecule has 1 N–H and O–H groups in total. The van der Waals surface area contributed by atoms with Gasteiger partial charge in [-0.15, -0.1) is 0 Å². The summed E-state index contributed by atoms with van der Waals surface area (Å²) in [6, 6.07) is 25.3. The molecule has 0 spiro atoms. The second-order valence-corrected chi connectivity index (χ2v) is 6.11. The standard InChI is InChI=1S/C21H18ClNO/c22-18-12-11-17(14-20(24)13-16-7-3-1-4-8-16)21(15-18)23-19-9-5-2-6-10-19/h1-12,15,23H,13-14H2. The molecule has 3 aromatic rings. The van der Waals surface area contributed by atoms with Gasteiger partial charge in [0.15, 0.2) is 0 Å². The minimum atomic E-state index is 0.180. The van der Waals surface area contributed by atoms with E-state index in [9.17, 15) is 4.79 Å². The van der Waals surface area contributed by atoms with Crippen molar-refractivity contribution in [1.29, 1.82) is 0 Å². The molecule has 3 rings (SSSR count). The molecule has 0 aliphatic heterocycles. The highest BCUT2D eigenvalue weighted by atomic mass is 35.5. The van der Waals surface area contributed by atoms with E-state index in [0.29, 0.717) is 17.9 Å². The summed E-state index contributed by atoms with van der Waals surface area (Å²) < 4.78 is 0.